The first-order valence-electron chi connectivity index (χ1n) is 37.6. The van der Waals surface area contributed by atoms with Crippen molar-refractivity contribution in [3.8, 4) is 0 Å². The molecule has 0 aliphatic heterocycles. The van der Waals surface area contributed by atoms with E-state index in [1.807, 2.05) is 69.2 Å². The number of halogens is 6. The number of alkyl halides is 6. The van der Waals surface area contributed by atoms with E-state index in [1.54, 1.807) is 0 Å². The molecule has 24 heteroatoms. The van der Waals surface area contributed by atoms with E-state index < -0.39 is 54.1 Å². The first-order chi connectivity index (χ1) is 46.7. The van der Waals surface area contributed by atoms with Crippen molar-refractivity contribution >= 4 is 35.8 Å². The highest BCUT2D eigenvalue weighted by Crippen LogP contribution is 2.43. The molecule has 0 aromatic heterocycles. The van der Waals surface area contributed by atoms with Gasteiger partial charge in [0.05, 0.1) is 59.3 Å². The van der Waals surface area contributed by atoms with E-state index >= 15 is 0 Å². The summed E-state index contributed by atoms with van der Waals surface area (Å²) < 4.78 is 139. The molecule has 0 radical (unpaired) electrons. The molecule has 0 amide bonds. The average Bonchev–Trinajstić information content (AvgIpc) is 1.27. The van der Waals surface area contributed by atoms with Gasteiger partial charge in [0.25, 0.3) is 0 Å². The summed E-state index contributed by atoms with van der Waals surface area (Å²) in [5.74, 6) is -3.17. The standard InChI is InChI=1S/C14H26O3.C13H21F3O3.C13H24O3.C12H19F3O3.C12H22O3.C11H20O3.12CH4/c1-4-14(2,3)13(15)17-11-16-12-9-7-5-6-8-10-12;1-3-12(2,13(14,15)16)11(17)19-9-18-10-7-5-4-6-8-10;1-3-11(2)13(14)16-10-15-12-8-6-4-5-7-9-12;1-3-11(2,12(13,14)15)10(16)18-8-17-9-6-4-5-7-9;1-4-12(2,3)11(13)15-9-14-10-7-5-6-8-10;1-3-9(2)11(12)14-8-13-10-6-4-5-7-10;;;;;;;;;;;;/h12H,4-11H2,1-3H3;10H,3-9H2,1-2H3;11-12H,3-10H2,1-2H3;9H,3-8H2,1-2H3;10H,4-9H2,1-3H3;9-10H,3-8H2,1-2H3;12*1H4. The van der Waals surface area contributed by atoms with Gasteiger partial charge in [0.2, 0.25) is 0 Å². The fourth-order valence-corrected chi connectivity index (χ4v) is 10.9. The first kappa shape index (κ1) is 133. The van der Waals surface area contributed by atoms with Crippen LogP contribution in [0.1, 0.15) is 411 Å². The lowest BCUT2D eigenvalue weighted by Gasteiger charge is -2.29. The second-order valence-corrected chi connectivity index (χ2v) is 29.0. The van der Waals surface area contributed by atoms with Gasteiger partial charge in [0, 0.05) is 0 Å². The summed E-state index contributed by atoms with van der Waals surface area (Å²) in [4.78, 5) is 69.0. The van der Waals surface area contributed by atoms with Crippen LogP contribution in [-0.4, -0.2) is 126 Å². The van der Waals surface area contributed by atoms with E-state index in [4.69, 9.17) is 47.4 Å². The van der Waals surface area contributed by atoms with Crippen molar-refractivity contribution in [1.29, 1.82) is 0 Å². The van der Waals surface area contributed by atoms with Crippen LogP contribution in [0, 0.1) is 33.5 Å². The summed E-state index contributed by atoms with van der Waals surface area (Å²) in [5.41, 5.74) is -5.69. The third kappa shape index (κ3) is 54.7. The summed E-state index contributed by atoms with van der Waals surface area (Å²) in [5, 5.41) is 0. The van der Waals surface area contributed by atoms with Gasteiger partial charge in [-0.3, -0.25) is 28.8 Å². The predicted octanol–water partition coefficient (Wildman–Crippen LogP) is 27.2. The van der Waals surface area contributed by atoms with Gasteiger partial charge in [-0.15, -0.1) is 0 Å². The molecular weight excluding hydrogens is 1450 g/mol. The Morgan fingerprint density at radius 2 is 0.432 bits per heavy atom. The molecule has 6 rings (SSSR count). The summed E-state index contributed by atoms with van der Waals surface area (Å²) in [7, 11) is 0. The lowest BCUT2D eigenvalue weighted by molar-refractivity contribution is -0.238. The third-order valence-electron chi connectivity index (χ3n) is 20.5. The van der Waals surface area contributed by atoms with Gasteiger partial charge >= 0.3 is 48.2 Å². The fourth-order valence-electron chi connectivity index (χ4n) is 10.9. The topological polar surface area (TPSA) is 213 Å². The van der Waals surface area contributed by atoms with E-state index in [-0.39, 0.29) is 189 Å². The SMILES string of the molecule is C.C.C.C.C.C.C.C.C.C.C.C.CCC(C)(C(=O)OCOC1CCCC1)C(F)(F)F.CCC(C)(C(=O)OCOC1CCCCC1)C(F)(F)F.CCC(C)(C)C(=O)OCOC1CCCC1.CCC(C)(C)C(=O)OCOC1CCCCCC1.CCC(C)C(=O)OCOC1CCCC1.CCC(C)C(=O)OCOC1CCCCCC1. The molecule has 6 saturated carbocycles. The number of hydrogen-bond donors (Lipinski definition) is 0. The summed E-state index contributed by atoms with van der Waals surface area (Å²) in [6, 6.07) is 0. The molecule has 0 saturated heterocycles. The predicted molar refractivity (Wildman–Crippen MR) is 446 cm³/mol. The summed E-state index contributed by atoms with van der Waals surface area (Å²) in [6.45, 7) is 23.3. The maximum absolute atomic E-state index is 12.8. The Bertz CT molecular complexity index is 2160. The minimum Gasteiger partial charge on any atom is -0.438 e. The van der Waals surface area contributed by atoms with Gasteiger partial charge in [-0.1, -0.05) is 254 Å². The van der Waals surface area contributed by atoms with Crippen molar-refractivity contribution in [2.75, 3.05) is 40.8 Å². The molecule has 678 valence electrons. The van der Waals surface area contributed by atoms with Crippen molar-refractivity contribution in [2.24, 2.45) is 33.5 Å². The zero-order chi connectivity index (χ0) is 74.6. The van der Waals surface area contributed by atoms with Crippen LogP contribution in [0.4, 0.5) is 26.3 Å². The lowest BCUT2D eigenvalue weighted by atomic mass is 9.87. The van der Waals surface area contributed by atoms with Crippen LogP contribution < -0.4 is 0 Å². The molecule has 111 heavy (non-hydrogen) atoms. The van der Waals surface area contributed by atoms with Crippen LogP contribution in [0.2, 0.25) is 0 Å². The van der Waals surface area contributed by atoms with Crippen LogP contribution in [0.3, 0.4) is 0 Å². The second kappa shape index (κ2) is 72.6. The molecule has 6 aliphatic rings. The summed E-state index contributed by atoms with van der Waals surface area (Å²) in [6.07, 6.45) is 27.4. The minimum absolute atomic E-state index is 0. The Balaban J connectivity index is -0.000000104. The molecule has 18 nitrogen and oxygen atoms in total. The number of ether oxygens (including phenoxy) is 12. The Morgan fingerprint density at radius 3 is 0.595 bits per heavy atom. The van der Waals surface area contributed by atoms with Gasteiger partial charge in [0.1, 0.15) is 0 Å². The van der Waals surface area contributed by atoms with Crippen LogP contribution in [-0.2, 0) is 85.6 Å². The van der Waals surface area contributed by atoms with Gasteiger partial charge in [-0.25, -0.2) is 0 Å². The molecule has 6 aliphatic carbocycles. The van der Waals surface area contributed by atoms with Gasteiger partial charge in [-0.05, 0) is 157 Å². The average molecular weight is 1630 g/mol. The van der Waals surface area contributed by atoms with Gasteiger partial charge in [-0.2, -0.15) is 26.3 Å². The number of hydrogen-bond acceptors (Lipinski definition) is 18. The molecule has 0 spiro atoms. The monoisotopic (exact) mass is 1630 g/mol. The van der Waals surface area contributed by atoms with E-state index in [0.717, 1.165) is 149 Å². The molecule has 0 aromatic rings. The highest BCUT2D eigenvalue weighted by molar-refractivity contribution is 5.78. The van der Waals surface area contributed by atoms with Crippen molar-refractivity contribution < 1.29 is 112 Å². The highest BCUT2D eigenvalue weighted by atomic mass is 19.4. The number of carbonyl (C=O) groups is 6. The fraction of sp³-hybridized carbons (Fsp3) is 0.931. The zero-order valence-corrected chi connectivity index (χ0v) is 63.2. The van der Waals surface area contributed by atoms with E-state index in [2.05, 4.69) is 9.47 Å². The smallest absolute Gasteiger partial charge is 0.404 e. The quantitative estimate of drug-likeness (QED) is 0.0215. The normalized spacial score (nSPS) is 17.6. The van der Waals surface area contributed by atoms with Crippen molar-refractivity contribution in [3.05, 3.63) is 0 Å². The Labute approximate surface area is 679 Å². The number of esters is 6. The van der Waals surface area contributed by atoms with Crippen LogP contribution in [0.15, 0.2) is 0 Å². The molecule has 0 N–H and O–H groups in total. The zero-order valence-electron chi connectivity index (χ0n) is 63.2. The third-order valence-corrected chi connectivity index (χ3v) is 20.5. The van der Waals surface area contributed by atoms with E-state index in [1.165, 1.54) is 90.9 Å². The van der Waals surface area contributed by atoms with E-state index in [9.17, 15) is 55.1 Å². The molecular formula is C87H180F6O18. The second-order valence-electron chi connectivity index (χ2n) is 29.0. The summed E-state index contributed by atoms with van der Waals surface area (Å²) >= 11 is 0. The van der Waals surface area contributed by atoms with Crippen molar-refractivity contribution in [2.45, 2.75) is 460 Å². The van der Waals surface area contributed by atoms with Crippen molar-refractivity contribution in [3.63, 3.8) is 0 Å². The highest BCUT2D eigenvalue weighted by Gasteiger charge is 2.57. The van der Waals surface area contributed by atoms with Crippen LogP contribution in [0.25, 0.3) is 0 Å². The van der Waals surface area contributed by atoms with E-state index in [0.29, 0.717) is 18.3 Å². The Hall–Kier alpha value is -3.84. The molecule has 0 bridgehead atoms. The van der Waals surface area contributed by atoms with Gasteiger partial charge in [0.15, 0.2) is 51.6 Å². The molecule has 6 fully saturated rings. The number of carbonyl (C=O) groups excluding carboxylic acids is 6. The largest absolute Gasteiger partial charge is 0.438 e. The Morgan fingerprint density at radius 1 is 0.270 bits per heavy atom. The van der Waals surface area contributed by atoms with Crippen LogP contribution >= 0.6 is 0 Å². The molecule has 4 unspecified atom stereocenters. The molecule has 0 aromatic carbocycles. The van der Waals surface area contributed by atoms with Gasteiger partial charge < -0.3 is 56.8 Å². The maximum atomic E-state index is 12.8. The first-order valence-corrected chi connectivity index (χ1v) is 37.6. The molecule has 0 heterocycles. The number of rotatable bonds is 30. The van der Waals surface area contributed by atoms with Crippen LogP contribution in [0.5, 0.6) is 0 Å². The maximum Gasteiger partial charge on any atom is 0.404 e. The van der Waals surface area contributed by atoms with Crippen molar-refractivity contribution in [1.82, 2.24) is 0 Å². The Kier molecular flexibility index (Phi) is 87.2. The lowest BCUT2D eigenvalue weighted by Crippen LogP contribution is -2.43. The molecule has 4 atom stereocenters. The minimum atomic E-state index is -4.61.